The Morgan fingerprint density at radius 2 is 1.88 bits per heavy atom. The minimum Gasteiger partial charge on any atom is -0.390 e. The lowest BCUT2D eigenvalue weighted by atomic mass is 10.1. The number of hydrogen-bond donors (Lipinski definition) is 4. The summed E-state index contributed by atoms with van der Waals surface area (Å²) in [6, 6.07) is 11.3. The highest BCUT2D eigenvalue weighted by Gasteiger charge is 2.74. The van der Waals surface area contributed by atoms with Crippen molar-refractivity contribution in [3.05, 3.63) is 54.5 Å². The number of aromatic nitrogens is 4. The molecule has 2 saturated carbocycles. The molecule has 34 heavy (non-hydrogen) atoms. The van der Waals surface area contributed by atoms with E-state index in [0.717, 1.165) is 32.2 Å². The van der Waals surface area contributed by atoms with E-state index in [4.69, 9.17) is 15.0 Å². The second-order valence-electron chi connectivity index (χ2n) is 8.96. The van der Waals surface area contributed by atoms with E-state index in [2.05, 4.69) is 10.3 Å². The first kappa shape index (κ1) is 21.4. The Bertz CT molecular complexity index is 1350. The Kier molecular flexibility index (Phi) is 4.82. The number of aliphatic hydroxyl groups is 3. The van der Waals surface area contributed by atoms with E-state index in [0.29, 0.717) is 18.2 Å². The van der Waals surface area contributed by atoms with E-state index in [1.807, 2.05) is 55.3 Å². The topological polar surface area (TPSA) is 128 Å². The van der Waals surface area contributed by atoms with Crippen molar-refractivity contribution in [1.82, 2.24) is 19.9 Å². The van der Waals surface area contributed by atoms with Gasteiger partial charge in [-0.05, 0) is 31.5 Å². The SMILES string of the molecule is Cc1nc(N(C)c2ccccc2)nc(N[C@@H]2C[C@@H]3C(O)[C@]3(O)[C@H]2O)c1-c1nc2cnccc2s1. The number of pyridine rings is 1. The van der Waals surface area contributed by atoms with Crippen LogP contribution in [-0.2, 0) is 0 Å². The molecule has 0 saturated heterocycles. The Hall–Kier alpha value is -3.18. The molecule has 4 aromatic rings. The van der Waals surface area contributed by atoms with E-state index < -0.39 is 23.9 Å². The number of rotatable bonds is 5. The quantitative estimate of drug-likeness (QED) is 0.343. The van der Waals surface area contributed by atoms with E-state index in [1.54, 1.807) is 12.4 Å². The van der Waals surface area contributed by atoms with Crippen LogP contribution in [0.3, 0.4) is 0 Å². The maximum atomic E-state index is 10.7. The molecule has 0 bridgehead atoms. The van der Waals surface area contributed by atoms with Crippen LogP contribution in [-0.4, -0.2) is 66.2 Å². The van der Waals surface area contributed by atoms with Crippen molar-refractivity contribution >= 4 is 39.0 Å². The van der Waals surface area contributed by atoms with Crippen LogP contribution in [0.1, 0.15) is 12.1 Å². The number of hydrogen-bond acceptors (Lipinski definition) is 10. The number of para-hydroxylation sites is 1. The molecule has 3 heterocycles. The molecule has 0 aliphatic heterocycles. The van der Waals surface area contributed by atoms with Crippen LogP contribution in [0.15, 0.2) is 48.8 Å². The van der Waals surface area contributed by atoms with Gasteiger partial charge in [0.05, 0.1) is 34.3 Å². The third-order valence-corrected chi connectivity index (χ3v) is 8.00. The molecule has 2 aliphatic rings. The number of anilines is 3. The molecule has 6 rings (SSSR count). The molecular formula is C24H24N6O3S. The van der Waals surface area contributed by atoms with Crippen molar-refractivity contribution in [3.63, 3.8) is 0 Å². The van der Waals surface area contributed by atoms with E-state index in [9.17, 15) is 15.3 Å². The Morgan fingerprint density at radius 1 is 1.09 bits per heavy atom. The van der Waals surface area contributed by atoms with Crippen LogP contribution in [0, 0.1) is 12.8 Å². The lowest BCUT2D eigenvalue weighted by Gasteiger charge is -2.26. The van der Waals surface area contributed by atoms with E-state index in [-0.39, 0.29) is 5.92 Å². The first-order chi connectivity index (χ1) is 16.4. The number of nitrogens with zero attached hydrogens (tertiary/aromatic N) is 5. The van der Waals surface area contributed by atoms with Crippen molar-refractivity contribution in [1.29, 1.82) is 0 Å². The maximum Gasteiger partial charge on any atom is 0.231 e. The van der Waals surface area contributed by atoms with E-state index in [1.165, 1.54) is 11.3 Å². The molecule has 1 unspecified atom stereocenters. The number of thiazole rings is 1. The summed E-state index contributed by atoms with van der Waals surface area (Å²) in [6.45, 7) is 1.91. The fraction of sp³-hybridized carbons (Fsp3) is 0.333. The molecule has 174 valence electrons. The third kappa shape index (κ3) is 3.17. The van der Waals surface area contributed by atoms with Gasteiger partial charge in [0.1, 0.15) is 28.0 Å². The van der Waals surface area contributed by atoms with Gasteiger partial charge in [0.2, 0.25) is 5.95 Å². The van der Waals surface area contributed by atoms with Gasteiger partial charge in [-0.2, -0.15) is 4.98 Å². The number of aryl methyl sites for hydroxylation is 1. The molecule has 2 fully saturated rings. The summed E-state index contributed by atoms with van der Waals surface area (Å²) in [5.74, 6) is 0.682. The summed E-state index contributed by atoms with van der Waals surface area (Å²) in [7, 11) is 1.90. The van der Waals surface area contributed by atoms with Gasteiger partial charge >= 0.3 is 0 Å². The van der Waals surface area contributed by atoms with Crippen LogP contribution in [0.25, 0.3) is 20.8 Å². The van der Waals surface area contributed by atoms with Crippen LogP contribution >= 0.6 is 11.3 Å². The molecule has 10 heteroatoms. The van der Waals surface area contributed by atoms with Crippen molar-refractivity contribution in [2.75, 3.05) is 17.3 Å². The molecule has 0 amide bonds. The second kappa shape index (κ2) is 7.67. The summed E-state index contributed by atoms with van der Waals surface area (Å²) in [5.41, 5.74) is 1.75. The van der Waals surface area contributed by atoms with Crippen molar-refractivity contribution in [2.24, 2.45) is 5.92 Å². The summed E-state index contributed by atoms with van der Waals surface area (Å²) in [6.07, 6.45) is 1.91. The van der Waals surface area contributed by atoms with Crippen molar-refractivity contribution < 1.29 is 15.3 Å². The number of aliphatic hydroxyl groups excluding tert-OH is 2. The van der Waals surface area contributed by atoms with Crippen LogP contribution in [0.5, 0.6) is 0 Å². The number of fused-ring (bicyclic) bond motifs is 2. The highest BCUT2D eigenvalue weighted by Crippen LogP contribution is 2.56. The molecule has 0 radical (unpaired) electrons. The van der Waals surface area contributed by atoms with Gasteiger partial charge in [0, 0.05) is 24.8 Å². The standard InChI is InChI=1S/C24H24N6O3S/c1-12-18(22-28-16-11-25-9-8-17(16)34-22)21(27-15-10-14-19(31)24(14,33)20(15)32)29-23(26-12)30(2)13-6-4-3-5-7-13/h3-9,11,14-15,19-20,31-33H,10H2,1-2H3,(H,26,27,29)/t14-,15-,19?,20+,24+/m1/s1. The molecule has 9 nitrogen and oxygen atoms in total. The summed E-state index contributed by atoms with van der Waals surface area (Å²) < 4.78 is 1.00. The fourth-order valence-corrected chi connectivity index (χ4v) is 5.95. The Balaban J connectivity index is 1.44. The van der Waals surface area contributed by atoms with Crippen molar-refractivity contribution in [2.45, 2.75) is 37.2 Å². The molecule has 2 aliphatic carbocycles. The summed E-state index contributed by atoms with van der Waals surface area (Å²) in [5, 5.41) is 35.4. The van der Waals surface area contributed by atoms with E-state index >= 15 is 0 Å². The summed E-state index contributed by atoms with van der Waals surface area (Å²) in [4.78, 5) is 20.4. The zero-order valence-electron chi connectivity index (χ0n) is 18.6. The first-order valence-electron chi connectivity index (χ1n) is 11.1. The number of nitrogens with one attached hydrogen (secondary N) is 1. The molecule has 1 aromatic carbocycles. The highest BCUT2D eigenvalue weighted by molar-refractivity contribution is 7.21. The molecular weight excluding hydrogens is 452 g/mol. The van der Waals surface area contributed by atoms with Gasteiger partial charge in [0.25, 0.3) is 0 Å². The first-order valence-corrected chi connectivity index (χ1v) is 11.9. The minimum atomic E-state index is -1.45. The van der Waals surface area contributed by atoms with Gasteiger partial charge in [0.15, 0.2) is 0 Å². The van der Waals surface area contributed by atoms with Gasteiger partial charge in [-0.3, -0.25) is 4.98 Å². The predicted molar refractivity (Wildman–Crippen MR) is 130 cm³/mol. The largest absolute Gasteiger partial charge is 0.390 e. The minimum absolute atomic E-state index is 0.341. The average molecular weight is 477 g/mol. The summed E-state index contributed by atoms with van der Waals surface area (Å²) >= 11 is 1.52. The monoisotopic (exact) mass is 476 g/mol. The Labute approximate surface area is 199 Å². The molecule has 3 aromatic heterocycles. The maximum absolute atomic E-state index is 10.7. The van der Waals surface area contributed by atoms with Crippen molar-refractivity contribution in [3.8, 4) is 10.6 Å². The fourth-order valence-electron chi connectivity index (χ4n) is 4.92. The molecule has 4 N–H and O–H groups in total. The van der Waals surface area contributed by atoms with Crippen LogP contribution < -0.4 is 10.2 Å². The van der Waals surface area contributed by atoms with Crippen LogP contribution in [0.2, 0.25) is 0 Å². The lowest BCUT2D eigenvalue weighted by molar-refractivity contribution is -0.0262. The zero-order chi connectivity index (χ0) is 23.6. The van der Waals surface area contributed by atoms with Gasteiger partial charge in [-0.15, -0.1) is 11.3 Å². The molecule has 0 spiro atoms. The molecule has 5 atom stereocenters. The lowest BCUT2D eigenvalue weighted by Crippen LogP contribution is -2.42. The van der Waals surface area contributed by atoms with Crippen LogP contribution in [0.4, 0.5) is 17.5 Å². The number of benzene rings is 1. The van der Waals surface area contributed by atoms with Gasteiger partial charge < -0.3 is 25.5 Å². The second-order valence-corrected chi connectivity index (χ2v) is 9.99. The van der Waals surface area contributed by atoms with Gasteiger partial charge in [-0.25, -0.2) is 9.97 Å². The Morgan fingerprint density at radius 3 is 2.59 bits per heavy atom. The normalized spacial score (nSPS) is 27.6. The third-order valence-electron chi connectivity index (χ3n) is 6.95. The smallest absolute Gasteiger partial charge is 0.231 e. The average Bonchev–Trinajstić information content (AvgIpc) is 3.13. The predicted octanol–water partition coefficient (Wildman–Crippen LogP) is 2.49. The van der Waals surface area contributed by atoms with Gasteiger partial charge in [-0.1, -0.05) is 18.2 Å². The highest BCUT2D eigenvalue weighted by atomic mass is 32.1. The zero-order valence-corrected chi connectivity index (χ0v) is 19.4.